The van der Waals surface area contributed by atoms with Crippen LogP contribution in [0.4, 0.5) is 5.82 Å². The molecule has 1 atom stereocenters. The number of nitrogens with two attached hydrogens (primary N) is 1. The van der Waals surface area contributed by atoms with Crippen molar-refractivity contribution in [3.8, 4) is 0 Å². The number of carbonyl (C=O) groups is 1. The summed E-state index contributed by atoms with van der Waals surface area (Å²) >= 11 is 5.81. The van der Waals surface area contributed by atoms with Gasteiger partial charge in [0.2, 0.25) is 15.9 Å². The molecule has 8 nitrogen and oxygen atoms in total. The fraction of sp³-hybridized carbons (Fsp3) is 0.333. The number of halogens is 1. The lowest BCUT2D eigenvalue weighted by Gasteiger charge is -2.11. The van der Waals surface area contributed by atoms with Crippen LogP contribution in [0.5, 0.6) is 0 Å². The summed E-state index contributed by atoms with van der Waals surface area (Å²) < 4.78 is 26.5. The number of nitrogens with one attached hydrogen (secondary N) is 3. The van der Waals surface area contributed by atoms with Crippen molar-refractivity contribution in [1.82, 2.24) is 15.0 Å². The highest BCUT2D eigenvalue weighted by Crippen LogP contribution is 2.21. The number of nitrogen functional groups attached to an aromatic ring is 1. The maximum absolute atomic E-state index is 12.0. The molecule has 1 unspecified atom stereocenters. The summed E-state index contributed by atoms with van der Waals surface area (Å²) in [5.74, 6) is 5.14. The average molecular weight is 306 g/mol. The van der Waals surface area contributed by atoms with Gasteiger partial charge in [0, 0.05) is 25.2 Å². The number of sulfonamides is 1. The van der Waals surface area contributed by atoms with Gasteiger partial charge in [-0.25, -0.2) is 24.0 Å². The number of aromatic nitrogens is 1. The van der Waals surface area contributed by atoms with Crippen LogP contribution in [-0.4, -0.2) is 31.9 Å². The normalized spacial score (nSPS) is 19.3. The van der Waals surface area contributed by atoms with Crippen molar-refractivity contribution in [2.45, 2.75) is 17.4 Å². The van der Waals surface area contributed by atoms with Crippen molar-refractivity contribution in [3.05, 3.63) is 17.3 Å². The minimum absolute atomic E-state index is 0.0872. The number of amides is 1. The van der Waals surface area contributed by atoms with E-state index in [4.69, 9.17) is 17.4 Å². The third-order valence-electron chi connectivity index (χ3n) is 2.56. The fourth-order valence-corrected chi connectivity index (χ4v) is 3.14. The molecule has 0 saturated carbocycles. The predicted molar refractivity (Wildman–Crippen MR) is 68.8 cm³/mol. The number of anilines is 1. The Hall–Kier alpha value is -1.42. The predicted octanol–water partition coefficient (Wildman–Crippen LogP) is -0.813. The second-order valence-electron chi connectivity index (χ2n) is 3.97. The quantitative estimate of drug-likeness (QED) is 0.425. The number of hydrogen-bond acceptors (Lipinski definition) is 6. The molecule has 0 aliphatic carbocycles. The molecule has 0 spiro atoms. The Balaban J connectivity index is 2.19. The van der Waals surface area contributed by atoms with Gasteiger partial charge >= 0.3 is 0 Å². The van der Waals surface area contributed by atoms with Gasteiger partial charge in [-0.05, 0) is 6.07 Å². The highest BCUT2D eigenvalue weighted by molar-refractivity contribution is 7.89. The number of hydrazine groups is 1. The second-order valence-corrected chi connectivity index (χ2v) is 6.09. The van der Waals surface area contributed by atoms with Crippen LogP contribution in [0.3, 0.4) is 0 Å². The highest BCUT2D eigenvalue weighted by atomic mass is 35.5. The third-order valence-corrected chi connectivity index (χ3v) is 4.34. The Labute approximate surface area is 114 Å². The molecule has 0 aromatic carbocycles. The van der Waals surface area contributed by atoms with Gasteiger partial charge in [-0.15, -0.1) is 0 Å². The number of rotatable bonds is 4. The lowest BCUT2D eigenvalue weighted by atomic mass is 10.3. The molecular weight excluding hydrogens is 294 g/mol. The summed E-state index contributed by atoms with van der Waals surface area (Å²) in [6, 6.07) is 0.764. The van der Waals surface area contributed by atoms with E-state index < -0.39 is 16.1 Å². The van der Waals surface area contributed by atoms with Crippen LogP contribution >= 0.6 is 11.6 Å². The zero-order valence-corrected chi connectivity index (χ0v) is 11.3. The Bertz CT molecular complexity index is 606. The first kappa shape index (κ1) is 14.0. The van der Waals surface area contributed by atoms with Crippen LogP contribution in [0, 0.1) is 0 Å². The minimum atomic E-state index is -3.77. The lowest BCUT2D eigenvalue weighted by molar-refractivity contribution is -0.119. The van der Waals surface area contributed by atoms with E-state index in [0.717, 1.165) is 6.20 Å². The summed E-state index contributed by atoms with van der Waals surface area (Å²) in [6.07, 6.45) is 1.25. The summed E-state index contributed by atoms with van der Waals surface area (Å²) in [6.45, 7) is 0.266. The molecule has 1 aliphatic heterocycles. The zero-order chi connectivity index (χ0) is 14.0. The molecule has 1 aliphatic rings. The molecule has 2 rings (SSSR count). The van der Waals surface area contributed by atoms with Crippen LogP contribution in [-0.2, 0) is 14.8 Å². The van der Waals surface area contributed by atoms with E-state index >= 15 is 0 Å². The Kier molecular flexibility index (Phi) is 3.90. The molecule has 2 heterocycles. The first-order valence-electron chi connectivity index (χ1n) is 5.33. The third kappa shape index (κ3) is 3.13. The van der Waals surface area contributed by atoms with E-state index in [1.54, 1.807) is 0 Å². The van der Waals surface area contributed by atoms with Crippen LogP contribution < -0.4 is 21.3 Å². The van der Waals surface area contributed by atoms with Crippen molar-refractivity contribution in [2.24, 2.45) is 5.84 Å². The summed E-state index contributed by atoms with van der Waals surface area (Å²) in [5, 5.41) is 2.63. The molecule has 104 valence electrons. The molecule has 1 aromatic rings. The molecule has 10 heteroatoms. The number of nitrogens with zero attached hydrogens (tertiary/aromatic N) is 1. The molecule has 5 N–H and O–H groups in total. The molecular formula is C9H12ClN5O3S. The van der Waals surface area contributed by atoms with Gasteiger partial charge in [-0.2, -0.15) is 0 Å². The maximum Gasteiger partial charge on any atom is 0.242 e. The summed E-state index contributed by atoms with van der Waals surface area (Å²) in [5.41, 5.74) is 2.24. The van der Waals surface area contributed by atoms with Gasteiger partial charge < -0.3 is 10.7 Å². The van der Waals surface area contributed by atoms with Crippen molar-refractivity contribution < 1.29 is 13.2 Å². The van der Waals surface area contributed by atoms with E-state index in [1.165, 1.54) is 6.07 Å². The first-order valence-corrected chi connectivity index (χ1v) is 7.19. The van der Waals surface area contributed by atoms with Crippen molar-refractivity contribution in [2.75, 3.05) is 12.0 Å². The van der Waals surface area contributed by atoms with E-state index in [0.29, 0.717) is 0 Å². The van der Waals surface area contributed by atoms with E-state index in [2.05, 4.69) is 20.4 Å². The van der Waals surface area contributed by atoms with Crippen LogP contribution in [0.25, 0.3) is 0 Å². The van der Waals surface area contributed by atoms with Gasteiger partial charge in [0.25, 0.3) is 0 Å². The van der Waals surface area contributed by atoms with Crippen LogP contribution in [0.1, 0.15) is 6.42 Å². The molecule has 19 heavy (non-hydrogen) atoms. The van der Waals surface area contributed by atoms with Gasteiger partial charge in [-0.1, -0.05) is 11.6 Å². The van der Waals surface area contributed by atoms with Crippen molar-refractivity contribution >= 4 is 33.3 Å². The van der Waals surface area contributed by atoms with E-state index in [1.807, 2.05) is 0 Å². The SMILES string of the molecule is NNc1ncc(S(=O)(=O)NC2CNC(=O)C2)cc1Cl. The maximum atomic E-state index is 12.0. The minimum Gasteiger partial charge on any atom is -0.354 e. The van der Waals surface area contributed by atoms with Gasteiger partial charge in [0.1, 0.15) is 4.90 Å². The molecule has 1 amide bonds. The Morgan fingerprint density at radius 2 is 2.26 bits per heavy atom. The fourth-order valence-electron chi connectivity index (χ4n) is 1.65. The largest absolute Gasteiger partial charge is 0.354 e. The first-order chi connectivity index (χ1) is 8.92. The summed E-state index contributed by atoms with van der Waals surface area (Å²) in [4.78, 5) is 14.7. The van der Waals surface area contributed by atoms with Crippen LogP contribution in [0.2, 0.25) is 5.02 Å². The average Bonchev–Trinajstić information content (AvgIpc) is 2.73. The van der Waals surface area contributed by atoms with Crippen molar-refractivity contribution in [1.29, 1.82) is 0 Å². The molecule has 1 saturated heterocycles. The van der Waals surface area contributed by atoms with Gasteiger partial charge in [0.05, 0.1) is 5.02 Å². The second kappa shape index (κ2) is 5.29. The number of carbonyl (C=O) groups excluding carboxylic acids is 1. The zero-order valence-electron chi connectivity index (χ0n) is 9.68. The van der Waals surface area contributed by atoms with Crippen LogP contribution in [0.15, 0.2) is 17.2 Å². The molecule has 0 bridgehead atoms. The standard InChI is InChI=1S/C9H12ClN5O3S/c10-7-2-6(4-13-9(7)14-11)19(17,18)15-5-1-8(16)12-3-5/h2,4-5,15H,1,3,11H2,(H,12,16)(H,13,14). The Morgan fingerprint density at radius 3 is 2.79 bits per heavy atom. The number of hydrogen-bond donors (Lipinski definition) is 4. The molecule has 0 radical (unpaired) electrons. The van der Waals surface area contributed by atoms with Crippen molar-refractivity contribution in [3.63, 3.8) is 0 Å². The smallest absolute Gasteiger partial charge is 0.242 e. The topological polar surface area (TPSA) is 126 Å². The highest BCUT2D eigenvalue weighted by Gasteiger charge is 2.27. The summed E-state index contributed by atoms with van der Waals surface area (Å²) in [7, 11) is -3.77. The van der Waals surface area contributed by atoms with Gasteiger partial charge in [-0.3, -0.25) is 4.79 Å². The van der Waals surface area contributed by atoms with E-state index in [9.17, 15) is 13.2 Å². The molecule has 1 fully saturated rings. The molecule has 1 aromatic heterocycles. The lowest BCUT2D eigenvalue weighted by Crippen LogP contribution is -2.36. The van der Waals surface area contributed by atoms with Gasteiger partial charge in [0.15, 0.2) is 5.82 Å². The monoisotopic (exact) mass is 305 g/mol. The Morgan fingerprint density at radius 1 is 1.53 bits per heavy atom. The number of pyridine rings is 1. The van der Waals surface area contributed by atoms with E-state index in [-0.39, 0.29) is 34.6 Å².